The predicted molar refractivity (Wildman–Crippen MR) is 127 cm³/mol. The molecule has 2 heterocycles. The molecule has 2 aromatic carbocycles. The topological polar surface area (TPSA) is 112 Å². The number of nitrogens with zero attached hydrogens (tertiary/aromatic N) is 4. The van der Waals surface area contributed by atoms with Gasteiger partial charge in [-0.15, -0.1) is 0 Å². The van der Waals surface area contributed by atoms with Gasteiger partial charge in [-0.2, -0.15) is 5.10 Å². The Hall–Kier alpha value is -4.60. The van der Waals surface area contributed by atoms with Crippen molar-refractivity contribution >= 4 is 17.4 Å². The number of carbonyl (C=O) groups excluding carboxylic acids is 1. The molecular formula is C24H24N6O4. The third kappa shape index (κ3) is 5.23. The fourth-order valence-electron chi connectivity index (χ4n) is 3.30. The average molecular weight is 460 g/mol. The SMILES string of the molecule is COc1ccc(NC(=O)Nc2ccc(Oc3cc(-n4nc(C)cc4C)ncn3)cc2)cc1OC. The van der Waals surface area contributed by atoms with Gasteiger partial charge in [-0.3, -0.25) is 0 Å². The maximum Gasteiger partial charge on any atom is 0.323 e. The Kier molecular flexibility index (Phi) is 6.58. The smallest absolute Gasteiger partial charge is 0.323 e. The summed E-state index contributed by atoms with van der Waals surface area (Å²) in [5, 5.41) is 9.96. The van der Waals surface area contributed by atoms with Crippen molar-refractivity contribution in [3.05, 3.63) is 72.3 Å². The lowest BCUT2D eigenvalue weighted by Crippen LogP contribution is -2.19. The number of hydrogen-bond acceptors (Lipinski definition) is 7. The van der Waals surface area contributed by atoms with E-state index in [-0.39, 0.29) is 0 Å². The van der Waals surface area contributed by atoms with Crippen molar-refractivity contribution in [3.8, 4) is 28.9 Å². The van der Waals surface area contributed by atoms with Gasteiger partial charge in [-0.1, -0.05) is 0 Å². The number of urea groups is 1. The zero-order chi connectivity index (χ0) is 24.1. The van der Waals surface area contributed by atoms with Gasteiger partial charge in [0.2, 0.25) is 5.88 Å². The molecule has 0 radical (unpaired) electrons. The van der Waals surface area contributed by atoms with E-state index in [1.54, 1.807) is 60.3 Å². The Balaban J connectivity index is 1.38. The van der Waals surface area contributed by atoms with Gasteiger partial charge in [-0.05, 0) is 56.3 Å². The Morgan fingerprint density at radius 3 is 2.24 bits per heavy atom. The van der Waals surface area contributed by atoms with Gasteiger partial charge >= 0.3 is 6.03 Å². The van der Waals surface area contributed by atoms with E-state index in [0.717, 1.165) is 11.4 Å². The van der Waals surface area contributed by atoms with Crippen molar-refractivity contribution in [2.75, 3.05) is 24.9 Å². The molecule has 4 aromatic rings. The fraction of sp³-hybridized carbons (Fsp3) is 0.167. The average Bonchev–Trinajstić information content (AvgIpc) is 3.18. The summed E-state index contributed by atoms with van der Waals surface area (Å²) in [6.07, 6.45) is 1.43. The highest BCUT2D eigenvalue weighted by atomic mass is 16.5. The summed E-state index contributed by atoms with van der Waals surface area (Å²) in [4.78, 5) is 20.8. The van der Waals surface area contributed by atoms with E-state index in [4.69, 9.17) is 14.2 Å². The van der Waals surface area contributed by atoms with Gasteiger partial charge in [0.1, 0.15) is 12.1 Å². The van der Waals surface area contributed by atoms with Crippen molar-refractivity contribution in [2.24, 2.45) is 0 Å². The molecule has 2 aromatic heterocycles. The zero-order valence-electron chi connectivity index (χ0n) is 19.2. The van der Waals surface area contributed by atoms with Crippen molar-refractivity contribution in [1.82, 2.24) is 19.7 Å². The van der Waals surface area contributed by atoms with E-state index in [2.05, 4.69) is 25.7 Å². The normalized spacial score (nSPS) is 10.5. The van der Waals surface area contributed by atoms with Crippen LogP contribution in [0.2, 0.25) is 0 Å². The number of ether oxygens (including phenoxy) is 3. The van der Waals surface area contributed by atoms with Crippen LogP contribution in [0.4, 0.5) is 16.2 Å². The van der Waals surface area contributed by atoms with Gasteiger partial charge in [-0.25, -0.2) is 19.4 Å². The number of amides is 2. The second kappa shape index (κ2) is 9.90. The third-order valence-corrected chi connectivity index (χ3v) is 4.83. The minimum Gasteiger partial charge on any atom is -0.493 e. The van der Waals surface area contributed by atoms with Crippen molar-refractivity contribution < 1.29 is 19.0 Å². The fourth-order valence-corrected chi connectivity index (χ4v) is 3.30. The lowest BCUT2D eigenvalue weighted by atomic mass is 10.2. The molecule has 34 heavy (non-hydrogen) atoms. The van der Waals surface area contributed by atoms with Crippen LogP contribution in [-0.4, -0.2) is 40.0 Å². The molecular weight excluding hydrogens is 436 g/mol. The van der Waals surface area contributed by atoms with Crippen LogP contribution < -0.4 is 24.8 Å². The molecule has 0 aliphatic carbocycles. The van der Waals surface area contributed by atoms with E-state index in [0.29, 0.717) is 40.3 Å². The van der Waals surface area contributed by atoms with Crippen molar-refractivity contribution in [1.29, 1.82) is 0 Å². The Morgan fingerprint density at radius 2 is 1.56 bits per heavy atom. The van der Waals surface area contributed by atoms with Crippen LogP contribution in [0.1, 0.15) is 11.4 Å². The van der Waals surface area contributed by atoms with E-state index in [1.165, 1.54) is 13.4 Å². The van der Waals surface area contributed by atoms with Crippen LogP contribution in [0.25, 0.3) is 5.82 Å². The summed E-state index contributed by atoms with van der Waals surface area (Å²) in [7, 11) is 3.09. The Morgan fingerprint density at radius 1 is 0.853 bits per heavy atom. The first-order chi connectivity index (χ1) is 16.4. The number of carbonyl (C=O) groups is 1. The van der Waals surface area contributed by atoms with E-state index in [1.807, 2.05) is 19.9 Å². The van der Waals surface area contributed by atoms with E-state index in [9.17, 15) is 4.79 Å². The largest absolute Gasteiger partial charge is 0.493 e. The highest BCUT2D eigenvalue weighted by molar-refractivity contribution is 5.99. The number of aromatic nitrogens is 4. The quantitative estimate of drug-likeness (QED) is 0.410. The van der Waals surface area contributed by atoms with E-state index >= 15 is 0 Å². The predicted octanol–water partition coefficient (Wildman–Crippen LogP) is 4.73. The maximum absolute atomic E-state index is 12.4. The Bertz CT molecular complexity index is 1300. The van der Waals surface area contributed by atoms with Crippen LogP contribution in [0.15, 0.2) is 60.9 Å². The number of anilines is 2. The van der Waals surface area contributed by atoms with Gasteiger partial charge in [0.15, 0.2) is 17.3 Å². The second-order valence-corrected chi connectivity index (χ2v) is 7.33. The number of aryl methyl sites for hydroxylation is 2. The summed E-state index contributed by atoms with van der Waals surface area (Å²) >= 11 is 0. The van der Waals surface area contributed by atoms with Gasteiger partial charge in [0.25, 0.3) is 0 Å². The minimum absolute atomic E-state index is 0.379. The van der Waals surface area contributed by atoms with Gasteiger partial charge < -0.3 is 24.8 Å². The van der Waals surface area contributed by atoms with Crippen molar-refractivity contribution in [3.63, 3.8) is 0 Å². The standard InChI is InChI=1S/C24H24N6O4/c1-15-11-16(2)30(29-15)22-13-23(26-14-25-22)34-19-8-5-17(6-9-19)27-24(31)28-18-7-10-20(32-3)21(12-18)33-4/h5-14H,1-4H3,(H2,27,28,31). The molecule has 0 atom stereocenters. The molecule has 174 valence electrons. The number of rotatable bonds is 7. The lowest BCUT2D eigenvalue weighted by molar-refractivity contribution is 0.262. The van der Waals surface area contributed by atoms with Gasteiger partial charge in [0.05, 0.1) is 19.9 Å². The molecule has 0 saturated heterocycles. The maximum atomic E-state index is 12.4. The number of methoxy groups -OCH3 is 2. The molecule has 10 heteroatoms. The van der Waals surface area contributed by atoms with Crippen LogP contribution >= 0.6 is 0 Å². The molecule has 4 rings (SSSR count). The van der Waals surface area contributed by atoms with Crippen LogP contribution in [0.5, 0.6) is 23.1 Å². The van der Waals surface area contributed by atoms with Crippen molar-refractivity contribution in [2.45, 2.75) is 13.8 Å². The molecule has 0 spiro atoms. The first-order valence-electron chi connectivity index (χ1n) is 10.4. The lowest BCUT2D eigenvalue weighted by Gasteiger charge is -2.12. The summed E-state index contributed by atoms with van der Waals surface area (Å²) in [6, 6.07) is 15.3. The van der Waals surface area contributed by atoms with E-state index < -0.39 is 6.03 Å². The second-order valence-electron chi connectivity index (χ2n) is 7.33. The van der Waals surface area contributed by atoms with Crippen LogP contribution in [-0.2, 0) is 0 Å². The highest BCUT2D eigenvalue weighted by Gasteiger charge is 2.10. The molecule has 0 aliphatic heterocycles. The zero-order valence-corrected chi connectivity index (χ0v) is 19.2. The summed E-state index contributed by atoms with van der Waals surface area (Å²) in [6.45, 7) is 3.88. The summed E-state index contributed by atoms with van der Waals surface area (Å²) in [5.74, 6) is 2.65. The summed E-state index contributed by atoms with van der Waals surface area (Å²) < 4.78 is 18.0. The molecule has 0 unspecified atom stereocenters. The monoisotopic (exact) mass is 460 g/mol. The number of hydrogen-bond donors (Lipinski definition) is 2. The molecule has 0 fully saturated rings. The minimum atomic E-state index is -0.397. The number of nitrogens with one attached hydrogen (secondary N) is 2. The molecule has 2 N–H and O–H groups in total. The Labute approximate surface area is 196 Å². The molecule has 0 bridgehead atoms. The highest BCUT2D eigenvalue weighted by Crippen LogP contribution is 2.30. The van der Waals surface area contributed by atoms with Crippen LogP contribution in [0, 0.1) is 13.8 Å². The molecule has 0 saturated carbocycles. The molecule has 10 nitrogen and oxygen atoms in total. The summed E-state index contributed by atoms with van der Waals surface area (Å²) in [5.41, 5.74) is 3.02. The van der Waals surface area contributed by atoms with Gasteiger partial charge in [0, 0.05) is 29.2 Å². The number of benzene rings is 2. The first kappa shape index (κ1) is 22.6. The first-order valence-corrected chi connectivity index (χ1v) is 10.4. The molecule has 2 amide bonds. The molecule has 0 aliphatic rings. The van der Waals surface area contributed by atoms with Crippen LogP contribution in [0.3, 0.4) is 0 Å². The third-order valence-electron chi connectivity index (χ3n) is 4.83.